The van der Waals surface area contributed by atoms with Crippen molar-refractivity contribution in [3.8, 4) is 11.5 Å². The Kier molecular flexibility index (Phi) is 1.48. The minimum atomic E-state index is -0.687. The van der Waals surface area contributed by atoms with E-state index in [1.165, 1.54) is 18.2 Å². The summed E-state index contributed by atoms with van der Waals surface area (Å²) in [4.78, 5) is 10.7. The Labute approximate surface area is 72.7 Å². The Balaban J connectivity index is 2.97. The van der Waals surface area contributed by atoms with Crippen molar-refractivity contribution in [2.24, 2.45) is 0 Å². The van der Waals surface area contributed by atoms with Gasteiger partial charge in [0.1, 0.15) is 0 Å². The molecule has 2 N–H and O–H groups in total. The Morgan fingerprint density at radius 2 is 2.08 bits per heavy atom. The average Bonchev–Trinajstić information content (AvgIpc) is 2.12. The molecule has 0 atom stereocenters. The molecule has 65 valence electrons. The first kappa shape index (κ1) is 7.67. The van der Waals surface area contributed by atoms with Crippen molar-refractivity contribution in [1.29, 1.82) is 0 Å². The van der Waals surface area contributed by atoms with Crippen molar-refractivity contribution in [2.45, 2.75) is 0 Å². The summed E-state index contributed by atoms with van der Waals surface area (Å²) >= 11 is 0. The first-order valence-electron chi connectivity index (χ1n) is 3.55. The van der Waals surface area contributed by atoms with Crippen LogP contribution in [0.25, 0.3) is 11.0 Å². The highest BCUT2D eigenvalue weighted by Crippen LogP contribution is 2.31. The van der Waals surface area contributed by atoms with Gasteiger partial charge in [-0.3, -0.25) is 0 Å². The van der Waals surface area contributed by atoms with Crippen LogP contribution < -0.4 is 5.63 Å². The fourth-order valence-electron chi connectivity index (χ4n) is 1.06. The molecule has 0 fully saturated rings. The molecule has 1 radical (unpaired) electrons. The number of fused-ring (bicyclic) bond motifs is 1. The predicted molar refractivity (Wildman–Crippen MR) is 44.6 cm³/mol. The molecule has 1 aromatic carbocycles. The maximum absolute atomic E-state index is 10.7. The SMILES string of the molecule is O=c1[c]cc2ccc(O)c(O)c2o1. The van der Waals surface area contributed by atoms with Crippen molar-refractivity contribution in [2.75, 3.05) is 0 Å². The van der Waals surface area contributed by atoms with Crippen LogP contribution >= 0.6 is 0 Å². The number of rotatable bonds is 0. The highest BCUT2D eigenvalue weighted by Gasteiger charge is 2.07. The highest BCUT2D eigenvalue weighted by atomic mass is 16.4. The van der Waals surface area contributed by atoms with E-state index in [0.717, 1.165) is 0 Å². The van der Waals surface area contributed by atoms with Crippen molar-refractivity contribution in [3.05, 3.63) is 34.7 Å². The minimum absolute atomic E-state index is 0.0243. The molecule has 1 heterocycles. The van der Waals surface area contributed by atoms with Crippen LogP contribution in [-0.4, -0.2) is 10.2 Å². The molecule has 1 aromatic heterocycles. The van der Waals surface area contributed by atoms with E-state index in [1.807, 2.05) is 0 Å². The van der Waals surface area contributed by atoms with Crippen LogP contribution in [0.5, 0.6) is 11.5 Å². The Morgan fingerprint density at radius 3 is 2.85 bits per heavy atom. The van der Waals surface area contributed by atoms with Gasteiger partial charge in [0, 0.05) is 5.39 Å². The van der Waals surface area contributed by atoms with Crippen molar-refractivity contribution in [3.63, 3.8) is 0 Å². The molecule has 13 heavy (non-hydrogen) atoms. The molecule has 4 heteroatoms. The molecule has 0 saturated heterocycles. The van der Waals surface area contributed by atoms with E-state index in [9.17, 15) is 9.90 Å². The van der Waals surface area contributed by atoms with Crippen LogP contribution in [-0.2, 0) is 0 Å². The molecular weight excluding hydrogens is 172 g/mol. The summed E-state index contributed by atoms with van der Waals surface area (Å²) in [6, 6.07) is 6.52. The van der Waals surface area contributed by atoms with Crippen LogP contribution in [0, 0.1) is 6.07 Å². The van der Waals surface area contributed by atoms with E-state index in [-0.39, 0.29) is 11.3 Å². The Bertz CT molecular complexity index is 512. The van der Waals surface area contributed by atoms with Gasteiger partial charge in [-0.1, -0.05) is 0 Å². The van der Waals surface area contributed by atoms with Gasteiger partial charge in [-0.25, -0.2) is 4.79 Å². The average molecular weight is 177 g/mol. The monoisotopic (exact) mass is 177 g/mol. The smallest absolute Gasteiger partial charge is 0.344 e. The second kappa shape index (κ2) is 2.52. The summed E-state index contributed by atoms with van der Waals surface area (Å²) < 4.78 is 4.65. The second-order valence-electron chi connectivity index (χ2n) is 2.53. The zero-order valence-electron chi connectivity index (χ0n) is 6.44. The second-order valence-corrected chi connectivity index (χ2v) is 2.53. The lowest BCUT2D eigenvalue weighted by Gasteiger charge is -1.99. The Morgan fingerprint density at radius 1 is 1.31 bits per heavy atom. The van der Waals surface area contributed by atoms with E-state index in [1.54, 1.807) is 0 Å². The normalized spacial score (nSPS) is 10.5. The molecule has 0 aliphatic heterocycles. The lowest BCUT2D eigenvalue weighted by Crippen LogP contribution is -1.95. The number of aromatic hydroxyl groups is 2. The summed E-state index contributed by atoms with van der Waals surface area (Å²) in [7, 11) is 0. The zero-order chi connectivity index (χ0) is 9.42. The number of phenolic OH excluding ortho intramolecular Hbond substituents is 2. The van der Waals surface area contributed by atoms with Gasteiger partial charge < -0.3 is 14.6 Å². The van der Waals surface area contributed by atoms with Crippen molar-refractivity contribution in [1.82, 2.24) is 0 Å². The Hall–Kier alpha value is -1.97. The van der Waals surface area contributed by atoms with Gasteiger partial charge in [-0.15, -0.1) is 0 Å². The molecule has 0 spiro atoms. The standard InChI is InChI=1S/C9H5O4/c10-6-3-1-5-2-4-7(11)13-9(5)8(6)12/h1-3,10,12H. The lowest BCUT2D eigenvalue weighted by atomic mass is 10.2. The molecule has 0 bridgehead atoms. The summed E-state index contributed by atoms with van der Waals surface area (Å²) in [6.07, 6.45) is 0. The molecule has 2 aromatic rings. The zero-order valence-corrected chi connectivity index (χ0v) is 6.44. The van der Waals surface area contributed by atoms with Crippen LogP contribution in [0.2, 0.25) is 0 Å². The molecule has 0 unspecified atom stereocenters. The topological polar surface area (TPSA) is 70.7 Å². The van der Waals surface area contributed by atoms with Crippen LogP contribution in [0.1, 0.15) is 0 Å². The lowest BCUT2D eigenvalue weighted by molar-refractivity contribution is 0.397. The first-order valence-corrected chi connectivity index (χ1v) is 3.55. The maximum atomic E-state index is 10.7. The van der Waals surface area contributed by atoms with E-state index in [4.69, 9.17) is 5.11 Å². The maximum Gasteiger partial charge on any atom is 0.344 e. The van der Waals surface area contributed by atoms with E-state index >= 15 is 0 Å². The fraction of sp³-hybridized carbons (Fsp3) is 0. The first-order chi connectivity index (χ1) is 6.18. The van der Waals surface area contributed by atoms with Gasteiger partial charge in [-0.05, 0) is 18.2 Å². The predicted octanol–water partition coefficient (Wildman–Crippen LogP) is 1.00. The quantitative estimate of drug-likeness (QED) is 0.465. The fourth-order valence-corrected chi connectivity index (χ4v) is 1.06. The van der Waals surface area contributed by atoms with E-state index in [2.05, 4.69) is 10.5 Å². The summed E-state index contributed by atoms with van der Waals surface area (Å²) in [5.41, 5.74) is -0.711. The number of phenols is 2. The molecular formula is C9H5O4. The van der Waals surface area contributed by atoms with E-state index in [0.29, 0.717) is 5.39 Å². The van der Waals surface area contributed by atoms with E-state index < -0.39 is 11.4 Å². The number of hydrogen-bond acceptors (Lipinski definition) is 4. The number of hydrogen-bond donors (Lipinski definition) is 2. The van der Waals surface area contributed by atoms with Gasteiger partial charge >= 0.3 is 5.63 Å². The molecule has 0 aliphatic rings. The van der Waals surface area contributed by atoms with Crippen molar-refractivity contribution >= 4 is 11.0 Å². The number of benzene rings is 1. The van der Waals surface area contributed by atoms with Crippen LogP contribution in [0.4, 0.5) is 0 Å². The highest BCUT2D eigenvalue weighted by molar-refractivity contribution is 5.84. The summed E-state index contributed by atoms with van der Waals surface area (Å²) in [6.45, 7) is 0. The summed E-state index contributed by atoms with van der Waals surface area (Å²) in [5.74, 6) is -0.745. The third-order valence-electron chi connectivity index (χ3n) is 1.68. The third-order valence-corrected chi connectivity index (χ3v) is 1.68. The van der Waals surface area contributed by atoms with Crippen LogP contribution in [0.15, 0.2) is 27.4 Å². The minimum Gasteiger partial charge on any atom is -0.504 e. The van der Waals surface area contributed by atoms with Gasteiger partial charge in [-0.2, -0.15) is 0 Å². The van der Waals surface area contributed by atoms with Crippen LogP contribution in [0.3, 0.4) is 0 Å². The molecule has 4 nitrogen and oxygen atoms in total. The van der Waals surface area contributed by atoms with Gasteiger partial charge in [0.25, 0.3) is 0 Å². The van der Waals surface area contributed by atoms with Gasteiger partial charge in [0.2, 0.25) is 5.75 Å². The summed E-state index contributed by atoms with van der Waals surface area (Å²) in [5, 5.41) is 18.9. The molecule has 0 amide bonds. The largest absolute Gasteiger partial charge is 0.504 e. The van der Waals surface area contributed by atoms with Crippen molar-refractivity contribution < 1.29 is 14.6 Å². The third kappa shape index (κ3) is 1.12. The molecule has 2 rings (SSSR count). The van der Waals surface area contributed by atoms with Gasteiger partial charge in [0.05, 0.1) is 6.07 Å². The van der Waals surface area contributed by atoms with Gasteiger partial charge in [0.15, 0.2) is 11.3 Å². The molecule has 0 saturated carbocycles. The molecule has 0 aliphatic carbocycles.